The number of rotatable bonds is 5. The second-order valence-electron chi connectivity index (χ2n) is 7.52. The summed E-state index contributed by atoms with van der Waals surface area (Å²) in [6.07, 6.45) is 4.57. The summed E-state index contributed by atoms with van der Waals surface area (Å²) in [5.41, 5.74) is 2.80. The molecule has 5 nitrogen and oxygen atoms in total. The summed E-state index contributed by atoms with van der Waals surface area (Å²) in [7, 11) is 0. The van der Waals surface area contributed by atoms with Gasteiger partial charge in [-0.2, -0.15) is 0 Å². The number of halogens is 1. The zero-order valence-electron chi connectivity index (χ0n) is 17.4. The van der Waals surface area contributed by atoms with Crippen molar-refractivity contribution in [3.05, 3.63) is 71.2 Å². The molecule has 0 unspecified atom stereocenters. The van der Waals surface area contributed by atoms with Crippen LogP contribution in [0.4, 0.5) is 10.1 Å². The highest BCUT2D eigenvalue weighted by Gasteiger charge is 2.33. The van der Waals surface area contributed by atoms with E-state index in [-0.39, 0.29) is 29.1 Å². The average molecular weight is 438 g/mol. The molecule has 0 aromatic heterocycles. The van der Waals surface area contributed by atoms with Crippen molar-refractivity contribution in [3.8, 4) is 0 Å². The van der Waals surface area contributed by atoms with Crippen LogP contribution in [-0.2, 0) is 16.0 Å². The van der Waals surface area contributed by atoms with Gasteiger partial charge in [0.05, 0.1) is 11.4 Å². The number of likely N-dealkylation sites (tertiary alicyclic amines) is 1. The van der Waals surface area contributed by atoms with Crippen molar-refractivity contribution in [1.82, 2.24) is 4.90 Å². The smallest absolute Gasteiger partial charge is 0.283 e. The molecule has 1 saturated heterocycles. The Hall–Kier alpha value is -2.93. The van der Waals surface area contributed by atoms with Gasteiger partial charge in [0, 0.05) is 13.1 Å². The molecule has 2 aromatic rings. The lowest BCUT2D eigenvalue weighted by Crippen LogP contribution is -2.33. The van der Waals surface area contributed by atoms with Crippen molar-refractivity contribution < 1.29 is 14.0 Å². The van der Waals surface area contributed by atoms with Crippen molar-refractivity contribution in [3.63, 3.8) is 0 Å². The first kappa shape index (κ1) is 21.3. The summed E-state index contributed by atoms with van der Waals surface area (Å²) >= 11 is 1.28. The normalized spacial score (nSPS) is 17.5. The number of hydrogen-bond donors (Lipinski definition) is 0. The van der Waals surface area contributed by atoms with Gasteiger partial charge < -0.3 is 4.90 Å². The monoisotopic (exact) mass is 437 g/mol. The maximum absolute atomic E-state index is 13.2. The van der Waals surface area contributed by atoms with Crippen LogP contribution < -0.4 is 4.90 Å². The fourth-order valence-electron chi connectivity index (χ4n) is 3.64. The van der Waals surface area contributed by atoms with Gasteiger partial charge in [0.15, 0.2) is 5.17 Å². The molecule has 4 rings (SSSR count). The van der Waals surface area contributed by atoms with E-state index in [0.29, 0.717) is 10.7 Å². The van der Waals surface area contributed by atoms with Crippen LogP contribution in [0.15, 0.2) is 59.2 Å². The molecule has 2 aliphatic rings. The van der Waals surface area contributed by atoms with Gasteiger partial charge in [-0.1, -0.05) is 43.0 Å². The van der Waals surface area contributed by atoms with E-state index < -0.39 is 0 Å². The molecule has 2 amide bonds. The third-order valence-electron chi connectivity index (χ3n) is 5.36. The van der Waals surface area contributed by atoms with Crippen LogP contribution in [0, 0.1) is 5.82 Å². The van der Waals surface area contributed by atoms with Crippen LogP contribution in [0.25, 0.3) is 6.08 Å². The summed E-state index contributed by atoms with van der Waals surface area (Å²) < 4.78 is 13.2. The van der Waals surface area contributed by atoms with E-state index in [1.54, 1.807) is 23.1 Å². The van der Waals surface area contributed by atoms with E-state index in [0.717, 1.165) is 43.6 Å². The van der Waals surface area contributed by atoms with Gasteiger partial charge in [-0.15, -0.1) is 0 Å². The Morgan fingerprint density at radius 3 is 2.61 bits per heavy atom. The zero-order chi connectivity index (χ0) is 21.8. The van der Waals surface area contributed by atoms with Gasteiger partial charge in [0.1, 0.15) is 11.5 Å². The van der Waals surface area contributed by atoms with E-state index in [2.05, 4.69) is 11.9 Å². The predicted molar refractivity (Wildman–Crippen MR) is 123 cm³/mol. The van der Waals surface area contributed by atoms with Crippen molar-refractivity contribution >= 4 is 40.5 Å². The number of nitrogens with zero attached hydrogens (tertiary/aromatic N) is 3. The summed E-state index contributed by atoms with van der Waals surface area (Å²) in [4.78, 5) is 33.8. The molecule has 0 atom stereocenters. The number of amidine groups is 1. The van der Waals surface area contributed by atoms with Gasteiger partial charge in [0.2, 0.25) is 5.91 Å². The number of aryl methyl sites for hydroxylation is 1. The molecule has 2 aromatic carbocycles. The molecule has 0 bridgehead atoms. The third-order valence-corrected chi connectivity index (χ3v) is 6.29. The lowest BCUT2D eigenvalue weighted by molar-refractivity contribution is -0.127. The van der Waals surface area contributed by atoms with E-state index in [1.807, 2.05) is 29.2 Å². The molecule has 31 heavy (non-hydrogen) atoms. The van der Waals surface area contributed by atoms with Crippen molar-refractivity contribution in [2.45, 2.75) is 26.2 Å². The van der Waals surface area contributed by atoms with E-state index in [1.165, 1.54) is 23.9 Å². The lowest BCUT2D eigenvalue weighted by atomic mass is 10.1. The first-order valence-corrected chi connectivity index (χ1v) is 11.4. The molecule has 0 saturated carbocycles. The number of carbonyl (C=O) groups is 2. The van der Waals surface area contributed by atoms with Crippen LogP contribution in [0.1, 0.15) is 30.9 Å². The second-order valence-corrected chi connectivity index (χ2v) is 8.46. The number of benzene rings is 2. The molecule has 1 fully saturated rings. The van der Waals surface area contributed by atoms with Crippen molar-refractivity contribution in [1.29, 1.82) is 0 Å². The molecule has 7 heteroatoms. The molecular weight excluding hydrogens is 413 g/mol. The van der Waals surface area contributed by atoms with Gasteiger partial charge >= 0.3 is 0 Å². The van der Waals surface area contributed by atoms with Crippen LogP contribution >= 0.6 is 11.8 Å². The minimum absolute atomic E-state index is 0.0656. The van der Waals surface area contributed by atoms with E-state index >= 15 is 0 Å². The second kappa shape index (κ2) is 9.47. The van der Waals surface area contributed by atoms with E-state index in [4.69, 9.17) is 0 Å². The Labute approximate surface area is 185 Å². The van der Waals surface area contributed by atoms with Gasteiger partial charge in [-0.25, -0.2) is 9.38 Å². The van der Waals surface area contributed by atoms with Crippen molar-refractivity contribution in [2.75, 3.05) is 23.7 Å². The van der Waals surface area contributed by atoms with Gasteiger partial charge in [-0.3, -0.25) is 14.5 Å². The molecule has 0 spiro atoms. The number of thioether (sulfide) groups is 1. The Balaban J connectivity index is 1.62. The third kappa shape index (κ3) is 4.88. The summed E-state index contributed by atoms with van der Waals surface area (Å²) in [5.74, 6) is -0.289. The maximum Gasteiger partial charge on any atom is 0.283 e. The summed E-state index contributed by atoms with van der Waals surface area (Å²) in [6, 6.07) is 13.7. The molecule has 2 aliphatic heterocycles. The number of carbonyl (C=O) groups excluding carboxylic acids is 2. The largest absolute Gasteiger partial charge is 0.342 e. The molecule has 160 valence electrons. The van der Waals surface area contributed by atoms with Crippen molar-refractivity contribution in [2.24, 2.45) is 4.99 Å². The fraction of sp³-hybridized carbons (Fsp3) is 0.292. The maximum atomic E-state index is 13.2. The van der Waals surface area contributed by atoms with Crippen LogP contribution in [0.3, 0.4) is 0 Å². The molecule has 0 radical (unpaired) electrons. The number of aliphatic imine (C=N–C) groups is 1. The predicted octanol–water partition coefficient (Wildman–Crippen LogP) is 4.49. The van der Waals surface area contributed by atoms with Crippen LogP contribution in [0.2, 0.25) is 0 Å². The summed E-state index contributed by atoms with van der Waals surface area (Å²) in [5, 5.41) is 0.485. The van der Waals surface area contributed by atoms with Gasteiger partial charge in [0.25, 0.3) is 5.91 Å². The average Bonchev–Trinajstić information content (AvgIpc) is 3.42. The van der Waals surface area contributed by atoms with E-state index in [9.17, 15) is 14.0 Å². The first-order valence-electron chi connectivity index (χ1n) is 10.4. The van der Waals surface area contributed by atoms with Crippen LogP contribution in [-0.4, -0.2) is 40.7 Å². The molecule has 0 aliphatic carbocycles. The molecule has 0 N–H and O–H groups in total. The highest BCUT2D eigenvalue weighted by atomic mass is 32.2. The zero-order valence-corrected chi connectivity index (χ0v) is 18.2. The highest BCUT2D eigenvalue weighted by Crippen LogP contribution is 2.30. The Morgan fingerprint density at radius 1 is 1.16 bits per heavy atom. The first-order chi connectivity index (χ1) is 15.0. The van der Waals surface area contributed by atoms with Crippen LogP contribution in [0.5, 0.6) is 0 Å². The Bertz CT molecular complexity index is 1040. The topological polar surface area (TPSA) is 53.0 Å². The number of hydrogen-bond acceptors (Lipinski definition) is 4. The number of anilines is 1. The van der Waals surface area contributed by atoms with Gasteiger partial charge in [-0.05, 0) is 60.7 Å². The molecule has 2 heterocycles. The minimum atomic E-state index is -0.335. The standard InChI is InChI=1S/C24H24FN3O2S/c1-2-17-6-5-7-20(14-17)28-23(30)21(15-18-8-10-19(25)11-9-18)26-24(28)31-16-22(29)27-12-3-4-13-27/h5-11,14-15H,2-4,12-13,16H2,1H3. The molecular formula is C24H24FN3O2S. The Morgan fingerprint density at radius 2 is 1.90 bits per heavy atom. The quantitative estimate of drug-likeness (QED) is 0.648. The lowest BCUT2D eigenvalue weighted by Gasteiger charge is -2.20. The SMILES string of the molecule is CCc1cccc(N2C(=O)C(=Cc3ccc(F)cc3)N=C2SCC(=O)N2CCCC2)c1. The summed E-state index contributed by atoms with van der Waals surface area (Å²) in [6.45, 7) is 3.65. The highest BCUT2D eigenvalue weighted by molar-refractivity contribution is 8.14. The fourth-order valence-corrected chi connectivity index (χ4v) is 4.55. The number of amides is 2. The Kier molecular flexibility index (Phi) is 6.51. The minimum Gasteiger partial charge on any atom is -0.342 e.